The zero-order valence-corrected chi connectivity index (χ0v) is 7.14. The van der Waals surface area contributed by atoms with Crippen molar-refractivity contribution in [2.24, 2.45) is 10.4 Å². The van der Waals surface area contributed by atoms with E-state index in [0.717, 1.165) is 12.8 Å². The maximum absolute atomic E-state index is 4.05. The number of fused-ring (bicyclic) bond motifs is 3. The van der Waals surface area contributed by atoms with E-state index >= 15 is 0 Å². The molecule has 4 heteroatoms. The molecule has 0 saturated carbocycles. The largest absolute Gasteiger partial charge is 0.266 e. The van der Waals surface area contributed by atoms with Gasteiger partial charge in [-0.05, 0) is 29.7 Å². The van der Waals surface area contributed by atoms with Crippen LogP contribution >= 0.6 is 0 Å². The van der Waals surface area contributed by atoms with Gasteiger partial charge >= 0.3 is 0 Å². The molecule has 0 saturated heterocycles. The minimum absolute atomic E-state index is 0.273. The summed E-state index contributed by atoms with van der Waals surface area (Å²) >= 11 is 0. The van der Waals surface area contributed by atoms with Crippen molar-refractivity contribution in [2.75, 3.05) is 5.01 Å². The van der Waals surface area contributed by atoms with Gasteiger partial charge in [0.1, 0.15) is 6.17 Å². The second-order valence-corrected chi connectivity index (χ2v) is 3.35. The van der Waals surface area contributed by atoms with Crippen LogP contribution in [0, 0.1) is 0 Å². The standard InChI is InChI=1S/C9H10N4/c1-2-4-8-7(3-1)5-6-9-10-11-12-13(8)9/h1-4,9H,5-6H2,(H,10,12). The van der Waals surface area contributed by atoms with E-state index in [1.165, 1.54) is 11.3 Å². The van der Waals surface area contributed by atoms with Crippen LogP contribution in [0.2, 0.25) is 0 Å². The quantitative estimate of drug-likeness (QED) is 0.649. The highest BCUT2D eigenvalue weighted by molar-refractivity contribution is 5.55. The summed E-state index contributed by atoms with van der Waals surface area (Å²) in [5.41, 5.74) is 5.53. The molecule has 13 heavy (non-hydrogen) atoms. The van der Waals surface area contributed by atoms with E-state index in [-0.39, 0.29) is 6.17 Å². The SMILES string of the molecule is c1ccc2c(c1)CCC1NN=NN21. The number of anilines is 1. The summed E-state index contributed by atoms with van der Waals surface area (Å²) < 4.78 is 0. The van der Waals surface area contributed by atoms with E-state index in [4.69, 9.17) is 0 Å². The van der Waals surface area contributed by atoms with Crippen molar-refractivity contribution in [1.82, 2.24) is 5.43 Å². The van der Waals surface area contributed by atoms with E-state index in [1.807, 2.05) is 11.1 Å². The lowest BCUT2D eigenvalue weighted by molar-refractivity contribution is 0.516. The molecule has 0 fully saturated rings. The minimum Gasteiger partial charge on any atom is -0.266 e. The molecule has 0 bridgehead atoms. The predicted octanol–water partition coefficient (Wildman–Crippen LogP) is 1.65. The molecule has 1 aromatic rings. The average molecular weight is 174 g/mol. The van der Waals surface area contributed by atoms with E-state index < -0.39 is 0 Å². The number of rotatable bonds is 0. The lowest BCUT2D eigenvalue weighted by atomic mass is 10.0. The van der Waals surface area contributed by atoms with Crippen molar-refractivity contribution in [2.45, 2.75) is 19.0 Å². The number of para-hydroxylation sites is 1. The molecular weight excluding hydrogens is 164 g/mol. The van der Waals surface area contributed by atoms with Gasteiger partial charge in [-0.25, -0.2) is 5.01 Å². The van der Waals surface area contributed by atoms with Crippen LogP contribution in [-0.2, 0) is 6.42 Å². The summed E-state index contributed by atoms with van der Waals surface area (Å²) in [4.78, 5) is 0. The normalized spacial score (nSPS) is 23.7. The first-order valence-corrected chi connectivity index (χ1v) is 4.48. The second-order valence-electron chi connectivity index (χ2n) is 3.35. The Balaban J connectivity index is 2.10. The van der Waals surface area contributed by atoms with Crippen LogP contribution in [-0.4, -0.2) is 6.17 Å². The Morgan fingerprint density at radius 2 is 2.31 bits per heavy atom. The molecule has 0 aliphatic carbocycles. The molecule has 1 N–H and O–H groups in total. The van der Waals surface area contributed by atoms with Crippen LogP contribution in [0.4, 0.5) is 5.69 Å². The second kappa shape index (κ2) is 2.45. The predicted molar refractivity (Wildman–Crippen MR) is 49.0 cm³/mol. The lowest BCUT2D eigenvalue weighted by Gasteiger charge is -2.28. The highest BCUT2D eigenvalue weighted by atomic mass is 15.7. The van der Waals surface area contributed by atoms with Crippen LogP contribution < -0.4 is 10.4 Å². The smallest absolute Gasteiger partial charge is 0.140 e. The minimum atomic E-state index is 0.273. The molecule has 3 rings (SSSR count). The van der Waals surface area contributed by atoms with Gasteiger partial charge in [-0.15, -0.1) is 0 Å². The molecule has 2 heterocycles. The maximum Gasteiger partial charge on any atom is 0.140 e. The summed E-state index contributed by atoms with van der Waals surface area (Å²) in [5.74, 6) is 0. The number of nitrogens with zero attached hydrogens (tertiary/aromatic N) is 3. The third-order valence-corrected chi connectivity index (χ3v) is 2.57. The molecule has 0 amide bonds. The van der Waals surface area contributed by atoms with Crippen LogP contribution in [0.3, 0.4) is 0 Å². The summed E-state index contributed by atoms with van der Waals surface area (Å²) in [7, 11) is 0. The lowest BCUT2D eigenvalue weighted by Crippen LogP contribution is -2.38. The third kappa shape index (κ3) is 0.915. The van der Waals surface area contributed by atoms with Gasteiger partial charge in [0.05, 0.1) is 5.69 Å². The van der Waals surface area contributed by atoms with E-state index in [2.05, 4.69) is 34.1 Å². The van der Waals surface area contributed by atoms with Crippen LogP contribution in [0.1, 0.15) is 12.0 Å². The van der Waals surface area contributed by atoms with Gasteiger partial charge < -0.3 is 0 Å². The molecule has 0 spiro atoms. The van der Waals surface area contributed by atoms with Gasteiger partial charge in [0, 0.05) is 0 Å². The van der Waals surface area contributed by atoms with Crippen molar-refractivity contribution >= 4 is 5.69 Å². The Labute approximate surface area is 76.2 Å². The molecule has 4 nitrogen and oxygen atoms in total. The van der Waals surface area contributed by atoms with Crippen molar-refractivity contribution in [3.05, 3.63) is 29.8 Å². The first-order chi connectivity index (χ1) is 6.45. The zero-order chi connectivity index (χ0) is 8.67. The highest BCUT2D eigenvalue weighted by Gasteiger charge is 2.28. The molecule has 2 aliphatic heterocycles. The summed E-state index contributed by atoms with van der Waals surface area (Å²) in [6, 6.07) is 8.35. The Bertz CT molecular complexity index is 360. The molecule has 1 aromatic carbocycles. The van der Waals surface area contributed by atoms with Gasteiger partial charge in [0.25, 0.3) is 0 Å². The van der Waals surface area contributed by atoms with Gasteiger partial charge in [0.2, 0.25) is 0 Å². The van der Waals surface area contributed by atoms with Crippen molar-refractivity contribution in [3.8, 4) is 0 Å². The number of benzene rings is 1. The average Bonchev–Trinajstić information content (AvgIpc) is 2.65. The van der Waals surface area contributed by atoms with Crippen LogP contribution in [0.15, 0.2) is 34.7 Å². The fraction of sp³-hybridized carbons (Fsp3) is 0.333. The van der Waals surface area contributed by atoms with Gasteiger partial charge in [0.15, 0.2) is 0 Å². The maximum atomic E-state index is 4.05. The van der Waals surface area contributed by atoms with Crippen molar-refractivity contribution in [1.29, 1.82) is 0 Å². The molecule has 0 radical (unpaired) electrons. The van der Waals surface area contributed by atoms with E-state index in [1.54, 1.807) is 0 Å². The third-order valence-electron chi connectivity index (χ3n) is 2.57. The number of aryl methyl sites for hydroxylation is 1. The summed E-state index contributed by atoms with van der Waals surface area (Å²) in [6.07, 6.45) is 2.45. The first-order valence-electron chi connectivity index (χ1n) is 4.48. The molecule has 1 unspecified atom stereocenters. The van der Waals surface area contributed by atoms with Gasteiger partial charge in [-0.1, -0.05) is 23.4 Å². The topological polar surface area (TPSA) is 40.0 Å². The van der Waals surface area contributed by atoms with Crippen molar-refractivity contribution < 1.29 is 0 Å². The fourth-order valence-corrected chi connectivity index (χ4v) is 1.90. The molecule has 0 aromatic heterocycles. The highest BCUT2D eigenvalue weighted by Crippen LogP contribution is 2.31. The van der Waals surface area contributed by atoms with Gasteiger partial charge in [-0.2, -0.15) is 0 Å². The monoisotopic (exact) mass is 174 g/mol. The Kier molecular flexibility index (Phi) is 1.30. The summed E-state index contributed by atoms with van der Waals surface area (Å²) in [5, 5.41) is 9.83. The number of hydrogen-bond acceptors (Lipinski definition) is 4. The van der Waals surface area contributed by atoms with Crippen LogP contribution in [0.25, 0.3) is 0 Å². The fourth-order valence-electron chi connectivity index (χ4n) is 1.90. The zero-order valence-electron chi connectivity index (χ0n) is 7.14. The Morgan fingerprint density at radius 1 is 1.38 bits per heavy atom. The molecular formula is C9H10N4. The first kappa shape index (κ1) is 6.88. The Hall–Kier alpha value is -1.58. The van der Waals surface area contributed by atoms with Crippen molar-refractivity contribution in [3.63, 3.8) is 0 Å². The van der Waals surface area contributed by atoms with Crippen LogP contribution in [0.5, 0.6) is 0 Å². The van der Waals surface area contributed by atoms with E-state index in [9.17, 15) is 0 Å². The Morgan fingerprint density at radius 3 is 3.31 bits per heavy atom. The molecule has 1 atom stereocenters. The van der Waals surface area contributed by atoms with E-state index in [0.29, 0.717) is 0 Å². The number of nitrogens with one attached hydrogen (secondary N) is 1. The summed E-state index contributed by atoms with van der Waals surface area (Å²) in [6.45, 7) is 0. The molecule has 66 valence electrons. The van der Waals surface area contributed by atoms with Gasteiger partial charge in [-0.3, -0.25) is 5.43 Å². The number of hydrogen-bond donors (Lipinski definition) is 1. The molecule has 2 aliphatic rings.